The average molecular weight is 476 g/mol. The summed E-state index contributed by atoms with van der Waals surface area (Å²) in [4.78, 5) is 9.55. The molecule has 1 aromatic heterocycles. The van der Waals surface area contributed by atoms with E-state index in [9.17, 15) is 0 Å². The Morgan fingerprint density at radius 1 is 0.778 bits per heavy atom. The van der Waals surface area contributed by atoms with Gasteiger partial charge in [-0.05, 0) is 54.3 Å². The lowest BCUT2D eigenvalue weighted by Gasteiger charge is -2.30. The maximum absolute atomic E-state index is 6.55. The zero-order chi connectivity index (χ0) is 24.6. The molecule has 6 heteroatoms. The van der Waals surface area contributed by atoms with Crippen molar-refractivity contribution in [1.29, 1.82) is 0 Å². The van der Waals surface area contributed by atoms with Crippen LogP contribution in [0.15, 0.2) is 84.9 Å². The molecule has 6 rings (SSSR count). The fraction of sp³-hybridized carbons (Fsp3) is 0.133. The first-order chi connectivity index (χ1) is 17.6. The van der Waals surface area contributed by atoms with Crippen molar-refractivity contribution in [3.63, 3.8) is 0 Å². The largest absolute Gasteiger partial charge is 0.497 e. The van der Waals surface area contributed by atoms with Crippen molar-refractivity contribution in [2.45, 2.75) is 12.8 Å². The van der Waals surface area contributed by atoms with Crippen LogP contribution in [-0.4, -0.2) is 24.2 Å². The predicted molar refractivity (Wildman–Crippen MR) is 141 cm³/mol. The van der Waals surface area contributed by atoms with Gasteiger partial charge in [0.15, 0.2) is 0 Å². The maximum Gasteiger partial charge on any atom is 0.228 e. The number of nitrogens with zero attached hydrogens (tertiary/aromatic N) is 2. The molecule has 1 atom stereocenters. The fourth-order valence-corrected chi connectivity index (χ4v) is 4.80. The third-order valence-electron chi connectivity index (χ3n) is 6.53. The highest BCUT2D eigenvalue weighted by Crippen LogP contribution is 2.51. The van der Waals surface area contributed by atoms with Crippen LogP contribution in [0.1, 0.15) is 28.4 Å². The van der Waals surface area contributed by atoms with Gasteiger partial charge in [-0.25, -0.2) is 4.98 Å². The molecular weight excluding hydrogens is 450 g/mol. The van der Waals surface area contributed by atoms with Crippen molar-refractivity contribution in [3.8, 4) is 23.1 Å². The van der Waals surface area contributed by atoms with Gasteiger partial charge in [0, 0.05) is 22.6 Å². The lowest BCUT2D eigenvalue weighted by atomic mass is 9.82. The van der Waals surface area contributed by atoms with E-state index in [-0.39, 0.29) is 5.92 Å². The van der Waals surface area contributed by atoms with Gasteiger partial charge in [0.1, 0.15) is 28.9 Å². The second-order valence-corrected chi connectivity index (χ2v) is 8.71. The lowest BCUT2D eigenvalue weighted by Crippen LogP contribution is -2.17. The molecule has 1 aliphatic rings. The van der Waals surface area contributed by atoms with Gasteiger partial charge in [0.05, 0.1) is 19.8 Å². The molecule has 5 aromatic rings. The van der Waals surface area contributed by atoms with E-state index in [4.69, 9.17) is 24.2 Å². The van der Waals surface area contributed by atoms with E-state index in [0.29, 0.717) is 17.5 Å². The van der Waals surface area contributed by atoms with Crippen molar-refractivity contribution in [2.75, 3.05) is 19.5 Å². The molecule has 0 bridgehead atoms. The van der Waals surface area contributed by atoms with Gasteiger partial charge in [-0.2, -0.15) is 4.98 Å². The molecule has 1 unspecified atom stereocenters. The summed E-state index contributed by atoms with van der Waals surface area (Å²) in [6.07, 6.45) is 0. The van der Waals surface area contributed by atoms with Crippen molar-refractivity contribution in [1.82, 2.24) is 9.97 Å². The van der Waals surface area contributed by atoms with Gasteiger partial charge in [-0.15, -0.1) is 0 Å². The molecule has 4 aromatic carbocycles. The van der Waals surface area contributed by atoms with Gasteiger partial charge in [-0.3, -0.25) is 0 Å². The summed E-state index contributed by atoms with van der Waals surface area (Å²) in [6.45, 7) is 1.88. The summed E-state index contributed by atoms with van der Waals surface area (Å²) in [6, 6.07) is 28.5. The number of hydrogen-bond acceptors (Lipinski definition) is 6. The zero-order valence-corrected chi connectivity index (χ0v) is 20.3. The number of rotatable bonds is 5. The maximum atomic E-state index is 6.55. The Bertz CT molecular complexity index is 1560. The average Bonchev–Trinajstić information content (AvgIpc) is 2.92. The summed E-state index contributed by atoms with van der Waals surface area (Å²) in [7, 11) is 3.33. The third-order valence-corrected chi connectivity index (χ3v) is 6.53. The van der Waals surface area contributed by atoms with Crippen LogP contribution < -0.4 is 19.5 Å². The highest BCUT2D eigenvalue weighted by molar-refractivity contribution is 5.91. The van der Waals surface area contributed by atoms with E-state index >= 15 is 0 Å². The monoisotopic (exact) mass is 475 g/mol. The topological polar surface area (TPSA) is 65.5 Å². The second-order valence-electron chi connectivity index (χ2n) is 8.71. The molecule has 6 nitrogen and oxygen atoms in total. The highest BCUT2D eigenvalue weighted by Gasteiger charge is 2.34. The van der Waals surface area contributed by atoms with Crippen molar-refractivity contribution in [3.05, 3.63) is 107 Å². The number of benzene rings is 4. The standard InChI is InChI=1S/C30H25N3O3/c1-18-31-29(33-21-11-15-23(35-3)16-12-21)27-26(20-8-13-22(34-2)14-9-20)25-17-10-19-6-4-5-7-24(19)28(25)36-30(27)32-18/h4-17,26H,1-3H3,(H,31,32,33). The minimum Gasteiger partial charge on any atom is -0.497 e. The van der Waals surface area contributed by atoms with Crippen LogP contribution in [0.4, 0.5) is 11.5 Å². The first-order valence-electron chi connectivity index (χ1n) is 11.8. The summed E-state index contributed by atoms with van der Waals surface area (Å²) in [5, 5.41) is 5.68. The van der Waals surface area contributed by atoms with Crippen LogP contribution >= 0.6 is 0 Å². The predicted octanol–water partition coefficient (Wildman–Crippen LogP) is 6.98. The van der Waals surface area contributed by atoms with Crippen LogP contribution in [-0.2, 0) is 0 Å². The molecule has 0 radical (unpaired) electrons. The van der Waals surface area contributed by atoms with Gasteiger partial charge >= 0.3 is 0 Å². The SMILES string of the molecule is COc1ccc(Nc2nc(C)nc3c2C(c2ccc(OC)cc2)c2ccc4ccccc4c2O3)cc1. The molecule has 178 valence electrons. The van der Waals surface area contributed by atoms with Crippen LogP contribution in [0.25, 0.3) is 10.8 Å². The molecule has 0 saturated carbocycles. The van der Waals surface area contributed by atoms with Gasteiger partial charge in [-0.1, -0.05) is 48.5 Å². The molecule has 1 aliphatic heterocycles. The molecular formula is C30H25N3O3. The molecule has 0 fully saturated rings. The Kier molecular flexibility index (Phi) is 5.41. The summed E-state index contributed by atoms with van der Waals surface area (Å²) < 4.78 is 17.3. The number of methoxy groups -OCH3 is 2. The number of aryl methyl sites for hydroxylation is 1. The Hall–Kier alpha value is -4.58. The second kappa shape index (κ2) is 8.89. The summed E-state index contributed by atoms with van der Waals surface area (Å²) in [5.74, 6) is 4.19. The first-order valence-corrected chi connectivity index (χ1v) is 11.8. The van der Waals surface area contributed by atoms with Crippen LogP contribution in [0.3, 0.4) is 0 Å². The third kappa shape index (κ3) is 3.77. The minimum absolute atomic E-state index is 0.138. The number of nitrogens with one attached hydrogen (secondary N) is 1. The van der Waals surface area contributed by atoms with Crippen LogP contribution in [0.2, 0.25) is 0 Å². The molecule has 0 spiro atoms. The quantitative estimate of drug-likeness (QED) is 0.290. The van der Waals surface area contributed by atoms with E-state index in [0.717, 1.165) is 50.4 Å². The number of hydrogen-bond donors (Lipinski definition) is 1. The molecule has 1 N–H and O–H groups in total. The Morgan fingerprint density at radius 3 is 2.19 bits per heavy atom. The first kappa shape index (κ1) is 21.9. The van der Waals surface area contributed by atoms with Crippen molar-refractivity contribution in [2.24, 2.45) is 0 Å². The lowest BCUT2D eigenvalue weighted by molar-refractivity contribution is 0.414. The Morgan fingerprint density at radius 2 is 1.47 bits per heavy atom. The molecule has 0 saturated heterocycles. The summed E-state index contributed by atoms with van der Waals surface area (Å²) >= 11 is 0. The number of fused-ring (bicyclic) bond motifs is 4. The number of anilines is 2. The zero-order valence-electron chi connectivity index (χ0n) is 20.3. The van der Waals surface area contributed by atoms with E-state index in [1.807, 2.05) is 55.5 Å². The van der Waals surface area contributed by atoms with Gasteiger partial charge in [0.2, 0.25) is 5.88 Å². The number of aromatic nitrogens is 2. The summed E-state index contributed by atoms with van der Waals surface area (Å²) in [5.41, 5.74) is 3.96. The van der Waals surface area contributed by atoms with Crippen LogP contribution in [0, 0.1) is 6.92 Å². The Labute approximate surface area is 209 Å². The van der Waals surface area contributed by atoms with Crippen molar-refractivity contribution < 1.29 is 14.2 Å². The minimum atomic E-state index is -0.138. The highest BCUT2D eigenvalue weighted by atomic mass is 16.5. The fourth-order valence-electron chi connectivity index (χ4n) is 4.80. The van der Waals surface area contributed by atoms with Gasteiger partial charge < -0.3 is 19.5 Å². The van der Waals surface area contributed by atoms with Gasteiger partial charge in [0.25, 0.3) is 0 Å². The van der Waals surface area contributed by atoms with E-state index < -0.39 is 0 Å². The molecule has 0 aliphatic carbocycles. The molecule has 36 heavy (non-hydrogen) atoms. The van der Waals surface area contributed by atoms with E-state index in [2.05, 4.69) is 41.7 Å². The molecule has 2 heterocycles. The number of ether oxygens (including phenoxy) is 3. The smallest absolute Gasteiger partial charge is 0.228 e. The normalized spacial score (nSPS) is 13.9. The molecule has 0 amide bonds. The van der Waals surface area contributed by atoms with Crippen molar-refractivity contribution >= 4 is 22.3 Å². The Balaban J connectivity index is 1.56. The van der Waals surface area contributed by atoms with Crippen LogP contribution in [0.5, 0.6) is 23.1 Å². The van der Waals surface area contributed by atoms with E-state index in [1.54, 1.807) is 14.2 Å². The van der Waals surface area contributed by atoms with E-state index in [1.165, 1.54) is 0 Å².